The number of aliphatic hydroxyl groups is 1. The van der Waals surface area contributed by atoms with Crippen molar-refractivity contribution in [2.24, 2.45) is 0 Å². The molecule has 3 aromatic rings. The maximum Gasteiger partial charge on any atom is 0.290 e. The van der Waals surface area contributed by atoms with Crippen LogP contribution in [-0.4, -0.2) is 41.2 Å². The van der Waals surface area contributed by atoms with E-state index in [1.54, 1.807) is 6.07 Å². The zero-order chi connectivity index (χ0) is 24.5. The number of nitrogens with one attached hydrogen (secondary N) is 1. The van der Waals surface area contributed by atoms with Gasteiger partial charge in [-0.2, -0.15) is 0 Å². The lowest BCUT2D eigenvalue weighted by molar-refractivity contribution is -0.122. The van der Waals surface area contributed by atoms with E-state index < -0.39 is 0 Å². The summed E-state index contributed by atoms with van der Waals surface area (Å²) in [7, 11) is 1.00. The molecule has 7 heteroatoms. The Bertz CT molecular complexity index is 958. The van der Waals surface area contributed by atoms with E-state index in [0.717, 1.165) is 36.6 Å². The van der Waals surface area contributed by atoms with Crippen LogP contribution in [0.4, 0.5) is 0 Å². The molecule has 0 saturated heterocycles. The van der Waals surface area contributed by atoms with Crippen LogP contribution in [0.1, 0.15) is 30.0 Å². The standard InChI is InChI=1S/C24H25NO3.CH2O2.CH4O/c1-2-6-20-11-14-22(15-24(20)26)27-16-18-9-12-21(13-10-18)28-17-23(25)19-7-4-3-5-8-19;2-1-3;1-2/h3-5,7-15,25-26H,2,6,16-17H2,1H3;1H,(H,2,3);2H,1H3. The molecular formula is C26H31NO6. The summed E-state index contributed by atoms with van der Waals surface area (Å²) >= 11 is 0. The third-order valence-electron chi connectivity index (χ3n) is 4.41. The monoisotopic (exact) mass is 453 g/mol. The number of phenolic OH excluding ortho intramolecular Hbond substituents is 1. The van der Waals surface area contributed by atoms with Gasteiger partial charge in [-0.05, 0) is 41.3 Å². The molecule has 0 aliphatic carbocycles. The molecule has 176 valence electrons. The van der Waals surface area contributed by atoms with Gasteiger partial charge in [0.2, 0.25) is 0 Å². The minimum absolute atomic E-state index is 0.225. The van der Waals surface area contributed by atoms with Gasteiger partial charge in [0.15, 0.2) is 0 Å². The van der Waals surface area contributed by atoms with Crippen LogP contribution < -0.4 is 9.47 Å². The molecule has 0 aliphatic heterocycles. The average Bonchev–Trinajstić information content (AvgIpc) is 2.86. The molecule has 4 N–H and O–H groups in total. The number of hydrogen-bond donors (Lipinski definition) is 4. The van der Waals surface area contributed by atoms with Gasteiger partial charge in [0.1, 0.15) is 30.5 Å². The Labute approximate surface area is 194 Å². The Kier molecular flexibility index (Phi) is 13.1. The van der Waals surface area contributed by atoms with Gasteiger partial charge in [0.25, 0.3) is 6.47 Å². The molecule has 0 bridgehead atoms. The molecule has 0 radical (unpaired) electrons. The number of phenols is 1. The van der Waals surface area contributed by atoms with E-state index in [2.05, 4.69) is 6.92 Å². The van der Waals surface area contributed by atoms with Crippen molar-refractivity contribution in [3.63, 3.8) is 0 Å². The molecule has 3 aromatic carbocycles. The van der Waals surface area contributed by atoms with Crippen LogP contribution in [0.25, 0.3) is 0 Å². The summed E-state index contributed by atoms with van der Waals surface area (Å²) in [5, 5.41) is 32.0. The Balaban J connectivity index is 0.00000101. The second kappa shape index (κ2) is 15.9. The van der Waals surface area contributed by atoms with E-state index in [9.17, 15) is 5.11 Å². The van der Waals surface area contributed by atoms with Gasteiger partial charge in [-0.15, -0.1) is 0 Å². The Morgan fingerprint density at radius 1 is 0.939 bits per heavy atom. The number of rotatable bonds is 9. The van der Waals surface area contributed by atoms with Crippen LogP contribution in [0.3, 0.4) is 0 Å². The van der Waals surface area contributed by atoms with Gasteiger partial charge in [0.05, 0.1) is 5.71 Å². The predicted octanol–water partition coefficient (Wildman–Crippen LogP) is 4.68. The van der Waals surface area contributed by atoms with E-state index >= 15 is 0 Å². The summed E-state index contributed by atoms with van der Waals surface area (Å²) in [5.74, 6) is 1.64. The summed E-state index contributed by atoms with van der Waals surface area (Å²) in [6.45, 7) is 2.47. The van der Waals surface area contributed by atoms with E-state index in [1.807, 2.05) is 66.7 Å². The molecule has 0 heterocycles. The quantitative estimate of drug-likeness (QED) is 0.276. The summed E-state index contributed by atoms with van der Waals surface area (Å²) in [6.07, 6.45) is 1.85. The van der Waals surface area contributed by atoms with Crippen molar-refractivity contribution in [1.29, 1.82) is 5.41 Å². The van der Waals surface area contributed by atoms with Gasteiger partial charge in [-0.1, -0.05) is 61.9 Å². The molecule has 3 rings (SSSR count). The first-order valence-corrected chi connectivity index (χ1v) is 10.4. The van der Waals surface area contributed by atoms with Crippen molar-refractivity contribution in [2.45, 2.75) is 26.4 Å². The number of aliphatic hydroxyl groups excluding tert-OH is 1. The molecule has 0 amide bonds. The molecular weight excluding hydrogens is 422 g/mol. The number of carbonyl (C=O) groups is 1. The fraction of sp³-hybridized carbons (Fsp3) is 0.231. The van der Waals surface area contributed by atoms with Crippen LogP contribution in [0.5, 0.6) is 17.2 Å². The lowest BCUT2D eigenvalue weighted by Crippen LogP contribution is -2.11. The fourth-order valence-corrected chi connectivity index (χ4v) is 2.84. The highest BCUT2D eigenvalue weighted by Crippen LogP contribution is 2.25. The Morgan fingerprint density at radius 3 is 2.12 bits per heavy atom. The second-order valence-electron chi connectivity index (χ2n) is 6.71. The minimum Gasteiger partial charge on any atom is -0.508 e. The number of aryl methyl sites for hydroxylation is 1. The van der Waals surface area contributed by atoms with E-state index in [1.165, 1.54) is 0 Å². The van der Waals surface area contributed by atoms with Crippen LogP contribution in [0, 0.1) is 5.41 Å². The third kappa shape index (κ3) is 9.88. The van der Waals surface area contributed by atoms with E-state index in [-0.39, 0.29) is 18.8 Å². The highest BCUT2D eigenvalue weighted by Gasteiger charge is 2.05. The molecule has 0 unspecified atom stereocenters. The highest BCUT2D eigenvalue weighted by atomic mass is 16.5. The Hall–Kier alpha value is -3.84. The predicted molar refractivity (Wildman–Crippen MR) is 128 cm³/mol. The SMILES string of the molecule is CCCc1ccc(OCc2ccc(OCC(=N)c3ccccc3)cc2)cc1O.CO.O=CO. The van der Waals surface area contributed by atoms with Crippen molar-refractivity contribution >= 4 is 12.2 Å². The average molecular weight is 454 g/mol. The zero-order valence-electron chi connectivity index (χ0n) is 18.9. The van der Waals surface area contributed by atoms with Gasteiger partial charge in [-0.3, -0.25) is 4.79 Å². The normalized spacial score (nSPS) is 9.42. The molecule has 7 nitrogen and oxygen atoms in total. The van der Waals surface area contributed by atoms with Gasteiger partial charge in [0, 0.05) is 13.2 Å². The van der Waals surface area contributed by atoms with Crippen molar-refractivity contribution in [3.8, 4) is 17.2 Å². The van der Waals surface area contributed by atoms with Gasteiger partial charge >= 0.3 is 0 Å². The molecule has 0 saturated carbocycles. The zero-order valence-corrected chi connectivity index (χ0v) is 18.9. The largest absolute Gasteiger partial charge is 0.508 e. The van der Waals surface area contributed by atoms with Crippen LogP contribution in [-0.2, 0) is 17.8 Å². The lowest BCUT2D eigenvalue weighted by atomic mass is 10.1. The Morgan fingerprint density at radius 2 is 1.55 bits per heavy atom. The number of ether oxygens (including phenoxy) is 2. The van der Waals surface area contributed by atoms with E-state index in [4.69, 9.17) is 29.9 Å². The molecule has 0 atom stereocenters. The first kappa shape index (κ1) is 27.2. The van der Waals surface area contributed by atoms with Gasteiger partial charge in [-0.25, -0.2) is 0 Å². The lowest BCUT2D eigenvalue weighted by Gasteiger charge is -2.10. The summed E-state index contributed by atoms with van der Waals surface area (Å²) in [4.78, 5) is 8.36. The third-order valence-corrected chi connectivity index (χ3v) is 4.41. The van der Waals surface area contributed by atoms with Gasteiger partial charge < -0.3 is 30.2 Å². The second-order valence-corrected chi connectivity index (χ2v) is 6.71. The topological polar surface area (TPSA) is 120 Å². The summed E-state index contributed by atoms with van der Waals surface area (Å²) < 4.78 is 11.5. The van der Waals surface area contributed by atoms with Crippen LogP contribution in [0.2, 0.25) is 0 Å². The maximum atomic E-state index is 10.0. The molecule has 0 spiro atoms. The summed E-state index contributed by atoms with van der Waals surface area (Å²) in [6, 6.07) is 22.6. The molecule has 0 aliphatic rings. The number of carboxylic acid groups (broad SMARTS) is 1. The smallest absolute Gasteiger partial charge is 0.290 e. The van der Waals surface area contributed by atoms with Crippen molar-refractivity contribution in [1.82, 2.24) is 0 Å². The number of aromatic hydroxyl groups is 1. The van der Waals surface area contributed by atoms with Crippen molar-refractivity contribution in [3.05, 3.63) is 89.5 Å². The molecule has 33 heavy (non-hydrogen) atoms. The highest BCUT2D eigenvalue weighted by molar-refractivity contribution is 5.99. The number of benzene rings is 3. The van der Waals surface area contributed by atoms with Crippen molar-refractivity contribution in [2.75, 3.05) is 13.7 Å². The molecule has 0 aromatic heterocycles. The number of hydrogen-bond acceptors (Lipinski definition) is 6. The van der Waals surface area contributed by atoms with E-state index in [0.29, 0.717) is 23.8 Å². The summed E-state index contributed by atoms with van der Waals surface area (Å²) in [5.41, 5.74) is 3.25. The van der Waals surface area contributed by atoms with Crippen LogP contribution in [0.15, 0.2) is 72.8 Å². The maximum absolute atomic E-state index is 10.0. The molecule has 0 fully saturated rings. The first-order valence-electron chi connectivity index (χ1n) is 10.4. The fourth-order valence-electron chi connectivity index (χ4n) is 2.84. The first-order chi connectivity index (χ1) is 16.1. The van der Waals surface area contributed by atoms with Crippen molar-refractivity contribution < 1.29 is 29.6 Å². The van der Waals surface area contributed by atoms with Crippen LogP contribution >= 0.6 is 0 Å². The minimum atomic E-state index is -0.250.